The number of aliphatic hydroxyl groups is 1. The Kier molecular flexibility index (Phi) is 5.80. The number of nitrogens with zero attached hydrogens (tertiary/aromatic N) is 3. The van der Waals surface area contributed by atoms with E-state index < -0.39 is 0 Å². The van der Waals surface area contributed by atoms with Crippen molar-refractivity contribution in [2.75, 3.05) is 37.5 Å². The molecular weight excluding hydrogens is 232 g/mol. The molecule has 0 saturated carbocycles. The van der Waals surface area contributed by atoms with Gasteiger partial charge in [-0.25, -0.2) is 9.97 Å². The predicted molar refractivity (Wildman–Crippen MR) is 71.9 cm³/mol. The van der Waals surface area contributed by atoms with Crippen molar-refractivity contribution in [3.63, 3.8) is 0 Å². The quantitative estimate of drug-likeness (QED) is 0.752. The first-order valence-electron chi connectivity index (χ1n) is 6.04. The van der Waals surface area contributed by atoms with Gasteiger partial charge < -0.3 is 20.1 Å². The number of aromatic nitrogens is 2. The average Bonchev–Trinajstić information content (AvgIpc) is 2.35. The lowest BCUT2D eigenvalue weighted by Gasteiger charge is -2.27. The summed E-state index contributed by atoms with van der Waals surface area (Å²) in [6.07, 6.45) is 0. The van der Waals surface area contributed by atoms with Gasteiger partial charge in [0.05, 0.1) is 6.61 Å². The molecule has 6 heteroatoms. The van der Waals surface area contributed by atoms with Crippen molar-refractivity contribution in [1.82, 2.24) is 9.97 Å². The van der Waals surface area contributed by atoms with Crippen LogP contribution in [0.3, 0.4) is 0 Å². The number of methoxy groups -OCH3 is 1. The van der Waals surface area contributed by atoms with Gasteiger partial charge in [-0.2, -0.15) is 0 Å². The van der Waals surface area contributed by atoms with Crippen molar-refractivity contribution in [1.29, 1.82) is 0 Å². The molecule has 18 heavy (non-hydrogen) atoms. The number of hydrogen-bond donors (Lipinski definition) is 2. The first-order valence-corrected chi connectivity index (χ1v) is 6.04. The highest BCUT2D eigenvalue weighted by molar-refractivity contribution is 5.49. The van der Waals surface area contributed by atoms with Crippen LogP contribution in [0.1, 0.15) is 19.7 Å². The van der Waals surface area contributed by atoms with Gasteiger partial charge in [-0.05, 0) is 13.8 Å². The maximum Gasteiger partial charge on any atom is 0.158 e. The summed E-state index contributed by atoms with van der Waals surface area (Å²) in [7, 11) is 3.43. The van der Waals surface area contributed by atoms with E-state index in [0.717, 1.165) is 11.6 Å². The largest absolute Gasteiger partial charge is 0.395 e. The zero-order chi connectivity index (χ0) is 13.5. The average molecular weight is 254 g/mol. The molecule has 0 unspecified atom stereocenters. The zero-order valence-corrected chi connectivity index (χ0v) is 11.5. The minimum atomic E-state index is 0.0939. The highest BCUT2D eigenvalue weighted by Crippen LogP contribution is 2.18. The minimum absolute atomic E-state index is 0.0939. The number of hydrogen-bond acceptors (Lipinski definition) is 6. The summed E-state index contributed by atoms with van der Waals surface area (Å²) in [5.41, 5.74) is 0. The van der Waals surface area contributed by atoms with E-state index in [4.69, 9.17) is 9.84 Å². The third-order valence-corrected chi connectivity index (χ3v) is 2.55. The van der Waals surface area contributed by atoms with Crippen molar-refractivity contribution in [3.05, 3.63) is 11.9 Å². The Morgan fingerprint density at radius 3 is 2.67 bits per heavy atom. The number of rotatable bonds is 7. The van der Waals surface area contributed by atoms with Gasteiger partial charge >= 0.3 is 0 Å². The van der Waals surface area contributed by atoms with Gasteiger partial charge in [-0.15, -0.1) is 0 Å². The summed E-state index contributed by atoms with van der Waals surface area (Å²) in [6, 6.07) is 2.13. The molecule has 1 rings (SSSR count). The third kappa shape index (κ3) is 3.82. The number of ether oxygens (including phenoxy) is 1. The normalized spacial score (nSPS) is 10.8. The summed E-state index contributed by atoms with van der Waals surface area (Å²) >= 11 is 0. The van der Waals surface area contributed by atoms with Crippen LogP contribution in [0.15, 0.2) is 6.07 Å². The Balaban J connectivity index is 3.07. The molecule has 1 aromatic rings. The van der Waals surface area contributed by atoms with E-state index in [1.807, 2.05) is 18.0 Å². The molecule has 2 N–H and O–H groups in total. The summed E-state index contributed by atoms with van der Waals surface area (Å²) < 4.78 is 5.06. The van der Waals surface area contributed by atoms with Crippen LogP contribution < -0.4 is 10.2 Å². The van der Waals surface area contributed by atoms with Crippen molar-refractivity contribution < 1.29 is 9.84 Å². The van der Waals surface area contributed by atoms with E-state index in [9.17, 15) is 0 Å². The van der Waals surface area contributed by atoms with Crippen LogP contribution in [-0.2, 0) is 11.3 Å². The standard InChI is InChI=1S/C12H22N4O2/c1-9(2)16(5-6-17)12-7-10(13-3)14-11(15-12)8-18-4/h7,9,17H,5-6,8H2,1-4H3,(H,13,14,15). The molecule has 0 aliphatic heterocycles. The fourth-order valence-corrected chi connectivity index (χ4v) is 1.70. The molecule has 0 amide bonds. The minimum Gasteiger partial charge on any atom is -0.395 e. The molecule has 1 aromatic heterocycles. The van der Waals surface area contributed by atoms with Crippen molar-refractivity contribution in [3.8, 4) is 0 Å². The summed E-state index contributed by atoms with van der Waals surface area (Å²) in [5, 5.41) is 12.1. The van der Waals surface area contributed by atoms with Crippen LogP contribution in [-0.4, -0.2) is 48.4 Å². The molecule has 0 aliphatic rings. The number of aliphatic hydroxyl groups excluding tert-OH is 1. The molecule has 1 heterocycles. The Labute approximate surface area is 108 Å². The van der Waals surface area contributed by atoms with Gasteiger partial charge in [-0.3, -0.25) is 0 Å². The van der Waals surface area contributed by atoms with Gasteiger partial charge in [-0.1, -0.05) is 0 Å². The fraction of sp³-hybridized carbons (Fsp3) is 0.667. The summed E-state index contributed by atoms with van der Waals surface area (Å²) in [4.78, 5) is 10.8. The van der Waals surface area contributed by atoms with E-state index in [-0.39, 0.29) is 12.6 Å². The van der Waals surface area contributed by atoms with Crippen molar-refractivity contribution >= 4 is 11.6 Å². The SMILES string of the molecule is CNc1cc(N(CCO)C(C)C)nc(COC)n1. The molecular formula is C12H22N4O2. The zero-order valence-electron chi connectivity index (χ0n) is 11.5. The Morgan fingerprint density at radius 2 is 2.17 bits per heavy atom. The number of anilines is 2. The second-order valence-electron chi connectivity index (χ2n) is 4.22. The molecule has 0 atom stereocenters. The topological polar surface area (TPSA) is 70.5 Å². The predicted octanol–water partition coefficient (Wildman–Crippen LogP) is 0.872. The van der Waals surface area contributed by atoms with Crippen LogP contribution in [0.5, 0.6) is 0 Å². The van der Waals surface area contributed by atoms with Gasteiger partial charge in [0.1, 0.15) is 18.2 Å². The molecule has 6 nitrogen and oxygen atoms in total. The lowest BCUT2D eigenvalue weighted by molar-refractivity contribution is 0.178. The maximum atomic E-state index is 9.12. The highest BCUT2D eigenvalue weighted by atomic mass is 16.5. The molecule has 0 fully saturated rings. The van der Waals surface area contributed by atoms with Crippen LogP contribution in [0.4, 0.5) is 11.6 Å². The smallest absolute Gasteiger partial charge is 0.158 e. The third-order valence-electron chi connectivity index (χ3n) is 2.55. The second-order valence-corrected chi connectivity index (χ2v) is 4.22. The molecule has 0 aromatic carbocycles. The van der Waals surface area contributed by atoms with E-state index in [1.54, 1.807) is 7.11 Å². The first-order chi connectivity index (χ1) is 8.62. The first kappa shape index (κ1) is 14.7. The summed E-state index contributed by atoms with van der Waals surface area (Å²) in [5.74, 6) is 2.17. The van der Waals surface area contributed by atoms with Crippen molar-refractivity contribution in [2.24, 2.45) is 0 Å². The van der Waals surface area contributed by atoms with Gasteiger partial charge in [0.2, 0.25) is 0 Å². The maximum absolute atomic E-state index is 9.12. The van der Waals surface area contributed by atoms with Crippen molar-refractivity contribution in [2.45, 2.75) is 26.5 Å². The van der Waals surface area contributed by atoms with E-state index in [2.05, 4.69) is 29.1 Å². The summed E-state index contributed by atoms with van der Waals surface area (Å²) in [6.45, 7) is 5.13. The van der Waals surface area contributed by atoms with Crippen LogP contribution in [0.2, 0.25) is 0 Å². The van der Waals surface area contributed by atoms with Gasteiger partial charge in [0, 0.05) is 32.8 Å². The Hall–Kier alpha value is -1.40. The van der Waals surface area contributed by atoms with Crippen LogP contribution >= 0.6 is 0 Å². The van der Waals surface area contributed by atoms with E-state index in [1.165, 1.54) is 0 Å². The van der Waals surface area contributed by atoms with E-state index in [0.29, 0.717) is 19.0 Å². The van der Waals surface area contributed by atoms with Crippen LogP contribution in [0, 0.1) is 0 Å². The molecule has 0 saturated heterocycles. The Bertz CT molecular complexity index is 371. The molecule has 0 bridgehead atoms. The lowest BCUT2D eigenvalue weighted by Crippen LogP contribution is -2.34. The Morgan fingerprint density at radius 1 is 1.44 bits per heavy atom. The fourth-order valence-electron chi connectivity index (χ4n) is 1.70. The van der Waals surface area contributed by atoms with Crippen LogP contribution in [0.25, 0.3) is 0 Å². The molecule has 102 valence electrons. The second kappa shape index (κ2) is 7.13. The van der Waals surface area contributed by atoms with Gasteiger partial charge in [0.15, 0.2) is 5.82 Å². The molecule has 0 radical (unpaired) electrons. The monoisotopic (exact) mass is 254 g/mol. The lowest BCUT2D eigenvalue weighted by atomic mass is 10.3. The van der Waals surface area contributed by atoms with Gasteiger partial charge in [0.25, 0.3) is 0 Å². The molecule has 0 aliphatic carbocycles. The number of nitrogens with one attached hydrogen (secondary N) is 1. The van der Waals surface area contributed by atoms with E-state index >= 15 is 0 Å². The highest BCUT2D eigenvalue weighted by Gasteiger charge is 2.14. The molecule has 0 spiro atoms.